The van der Waals surface area contributed by atoms with Crippen LogP contribution in [0.5, 0.6) is 0 Å². The van der Waals surface area contributed by atoms with Crippen molar-refractivity contribution in [1.82, 2.24) is 15.3 Å². The molecule has 4 nitrogen and oxygen atoms in total. The van der Waals surface area contributed by atoms with Crippen LogP contribution in [0, 0.1) is 0 Å². The van der Waals surface area contributed by atoms with Crippen molar-refractivity contribution in [3.63, 3.8) is 0 Å². The van der Waals surface area contributed by atoms with Gasteiger partial charge in [-0.1, -0.05) is 6.92 Å². The third-order valence-corrected chi connectivity index (χ3v) is 5.73. The Kier molecular flexibility index (Phi) is 3.11. The average molecular weight is 288 g/mol. The van der Waals surface area contributed by atoms with Crippen LogP contribution < -0.4 is 10.6 Å². The van der Waals surface area contributed by atoms with Crippen molar-refractivity contribution in [3.8, 4) is 0 Å². The molecular formula is C15H20N4S. The van der Waals surface area contributed by atoms with E-state index in [-0.39, 0.29) is 0 Å². The Hall–Kier alpha value is -1.20. The maximum atomic E-state index is 4.48. The van der Waals surface area contributed by atoms with E-state index in [1.807, 2.05) is 0 Å². The van der Waals surface area contributed by atoms with Gasteiger partial charge in [-0.25, -0.2) is 9.97 Å². The molecule has 2 N–H and O–H groups in total. The summed E-state index contributed by atoms with van der Waals surface area (Å²) in [5, 5.41) is 8.56. The monoisotopic (exact) mass is 288 g/mol. The van der Waals surface area contributed by atoms with Crippen LogP contribution in [0.4, 0.5) is 5.82 Å². The summed E-state index contributed by atoms with van der Waals surface area (Å²) in [4.78, 5) is 11.4. The van der Waals surface area contributed by atoms with Gasteiger partial charge < -0.3 is 10.6 Å². The highest BCUT2D eigenvalue weighted by Crippen LogP contribution is 2.32. The van der Waals surface area contributed by atoms with Gasteiger partial charge in [0.2, 0.25) is 0 Å². The van der Waals surface area contributed by atoms with Gasteiger partial charge in [-0.3, -0.25) is 0 Å². The van der Waals surface area contributed by atoms with Crippen LogP contribution in [-0.2, 0) is 6.42 Å². The van der Waals surface area contributed by atoms with E-state index in [0.29, 0.717) is 18.1 Å². The Labute approximate surface area is 123 Å². The molecule has 106 valence electrons. The van der Waals surface area contributed by atoms with Crippen molar-refractivity contribution in [2.24, 2.45) is 0 Å². The molecule has 0 aromatic carbocycles. The van der Waals surface area contributed by atoms with Crippen LogP contribution in [0.2, 0.25) is 0 Å². The third-order valence-electron chi connectivity index (χ3n) is 4.54. The number of anilines is 1. The lowest BCUT2D eigenvalue weighted by Crippen LogP contribution is -2.43. The van der Waals surface area contributed by atoms with Gasteiger partial charge in [0.15, 0.2) is 0 Å². The molecule has 2 saturated heterocycles. The maximum Gasteiger partial charge on any atom is 0.138 e. The Morgan fingerprint density at radius 3 is 2.85 bits per heavy atom. The molecule has 0 aliphatic carbocycles. The molecule has 2 bridgehead atoms. The van der Waals surface area contributed by atoms with Gasteiger partial charge in [0, 0.05) is 23.0 Å². The Morgan fingerprint density at radius 2 is 2.10 bits per heavy atom. The summed E-state index contributed by atoms with van der Waals surface area (Å²) in [6.45, 7) is 2.19. The fraction of sp³-hybridized carbons (Fsp3) is 0.600. The summed E-state index contributed by atoms with van der Waals surface area (Å²) in [5.41, 5.74) is 0. The number of fused-ring (bicyclic) bond motifs is 3. The Morgan fingerprint density at radius 1 is 1.30 bits per heavy atom. The summed E-state index contributed by atoms with van der Waals surface area (Å²) in [5.74, 6) is 1.03. The van der Waals surface area contributed by atoms with E-state index in [2.05, 4.69) is 33.6 Å². The second-order valence-corrected chi connectivity index (χ2v) is 7.07. The molecule has 0 spiro atoms. The molecule has 2 aliphatic rings. The number of nitrogens with zero attached hydrogens (tertiary/aromatic N) is 2. The van der Waals surface area contributed by atoms with Crippen molar-refractivity contribution in [3.05, 3.63) is 17.3 Å². The molecule has 4 heterocycles. The Bertz CT molecular complexity index is 611. The molecule has 2 aromatic heterocycles. The van der Waals surface area contributed by atoms with Gasteiger partial charge in [-0.15, -0.1) is 11.3 Å². The van der Waals surface area contributed by atoms with E-state index in [1.165, 1.54) is 35.9 Å². The number of nitrogens with one attached hydrogen (secondary N) is 2. The van der Waals surface area contributed by atoms with Crippen molar-refractivity contribution in [2.75, 3.05) is 5.32 Å². The SMILES string of the molecule is CCc1cc2c(NC3CC4CCC(C3)N4)ncnc2s1. The first-order valence-corrected chi connectivity index (χ1v) is 8.39. The molecule has 2 aromatic rings. The quantitative estimate of drug-likeness (QED) is 0.911. The Balaban J connectivity index is 1.60. The third kappa shape index (κ3) is 2.19. The van der Waals surface area contributed by atoms with Gasteiger partial charge >= 0.3 is 0 Å². The largest absolute Gasteiger partial charge is 0.367 e. The van der Waals surface area contributed by atoms with Gasteiger partial charge in [0.25, 0.3) is 0 Å². The molecule has 0 saturated carbocycles. The number of piperidine rings is 1. The maximum absolute atomic E-state index is 4.48. The molecule has 2 fully saturated rings. The standard InChI is InChI=1S/C15H20N4S/c1-2-12-7-13-14(16-8-17-15(13)20-12)19-11-5-9-3-4-10(6-11)18-9/h7-11,18H,2-6H2,1H3,(H,16,17,19). The summed E-state index contributed by atoms with van der Waals surface area (Å²) in [6, 6.07) is 4.21. The second-order valence-electron chi connectivity index (χ2n) is 5.96. The zero-order valence-corrected chi connectivity index (χ0v) is 12.5. The van der Waals surface area contributed by atoms with E-state index in [1.54, 1.807) is 17.7 Å². The van der Waals surface area contributed by atoms with Gasteiger partial charge in [-0.2, -0.15) is 0 Å². The zero-order chi connectivity index (χ0) is 13.5. The van der Waals surface area contributed by atoms with Crippen molar-refractivity contribution in [1.29, 1.82) is 0 Å². The van der Waals surface area contributed by atoms with Crippen LogP contribution in [0.3, 0.4) is 0 Å². The highest BCUT2D eigenvalue weighted by Gasteiger charge is 2.33. The minimum atomic E-state index is 0.553. The van der Waals surface area contributed by atoms with E-state index in [4.69, 9.17) is 0 Å². The van der Waals surface area contributed by atoms with Crippen molar-refractivity contribution in [2.45, 2.75) is 57.2 Å². The molecular weight excluding hydrogens is 268 g/mol. The normalized spacial score (nSPS) is 28.9. The van der Waals surface area contributed by atoms with Crippen LogP contribution in [-0.4, -0.2) is 28.1 Å². The number of thiophene rings is 1. The molecule has 2 unspecified atom stereocenters. The number of hydrogen-bond acceptors (Lipinski definition) is 5. The van der Waals surface area contributed by atoms with E-state index in [9.17, 15) is 0 Å². The van der Waals surface area contributed by atoms with Gasteiger partial charge in [-0.05, 0) is 38.2 Å². The minimum absolute atomic E-state index is 0.553. The molecule has 20 heavy (non-hydrogen) atoms. The predicted molar refractivity (Wildman–Crippen MR) is 83.4 cm³/mol. The van der Waals surface area contributed by atoms with E-state index >= 15 is 0 Å². The summed E-state index contributed by atoms with van der Waals surface area (Å²) in [6.07, 6.45) is 7.86. The lowest BCUT2D eigenvalue weighted by molar-refractivity contribution is 0.378. The van der Waals surface area contributed by atoms with Crippen LogP contribution in [0.1, 0.15) is 37.5 Å². The first-order valence-electron chi connectivity index (χ1n) is 7.58. The van der Waals surface area contributed by atoms with Gasteiger partial charge in [0.05, 0.1) is 5.39 Å². The molecule has 4 rings (SSSR count). The number of aryl methyl sites for hydroxylation is 1. The van der Waals surface area contributed by atoms with Gasteiger partial charge in [0.1, 0.15) is 17.0 Å². The van der Waals surface area contributed by atoms with Crippen molar-refractivity contribution >= 4 is 27.4 Å². The van der Waals surface area contributed by atoms with Crippen LogP contribution in [0.25, 0.3) is 10.2 Å². The highest BCUT2D eigenvalue weighted by atomic mass is 32.1. The first kappa shape index (κ1) is 12.5. The second kappa shape index (κ2) is 4.97. The fourth-order valence-corrected chi connectivity index (χ4v) is 4.50. The first-order chi connectivity index (χ1) is 9.81. The van der Waals surface area contributed by atoms with E-state index < -0.39 is 0 Å². The lowest BCUT2D eigenvalue weighted by atomic mass is 10.00. The van der Waals surface area contributed by atoms with E-state index in [0.717, 1.165) is 17.1 Å². The lowest BCUT2D eigenvalue weighted by Gasteiger charge is -2.30. The number of rotatable bonds is 3. The molecule has 5 heteroatoms. The molecule has 0 amide bonds. The molecule has 2 atom stereocenters. The summed E-state index contributed by atoms with van der Waals surface area (Å²) < 4.78 is 0. The topological polar surface area (TPSA) is 49.8 Å². The highest BCUT2D eigenvalue weighted by molar-refractivity contribution is 7.18. The summed E-state index contributed by atoms with van der Waals surface area (Å²) >= 11 is 1.78. The zero-order valence-electron chi connectivity index (χ0n) is 11.7. The van der Waals surface area contributed by atoms with Crippen LogP contribution in [0.15, 0.2) is 12.4 Å². The summed E-state index contributed by atoms with van der Waals surface area (Å²) in [7, 11) is 0. The minimum Gasteiger partial charge on any atom is -0.367 e. The predicted octanol–water partition coefficient (Wildman–Crippen LogP) is 2.95. The molecule has 0 radical (unpaired) electrons. The number of aromatic nitrogens is 2. The van der Waals surface area contributed by atoms with Crippen molar-refractivity contribution < 1.29 is 0 Å². The van der Waals surface area contributed by atoms with Crippen LogP contribution >= 0.6 is 11.3 Å². The smallest absolute Gasteiger partial charge is 0.138 e. The number of hydrogen-bond donors (Lipinski definition) is 2. The average Bonchev–Trinajstić information content (AvgIpc) is 3.03. The molecule has 2 aliphatic heterocycles. The fourth-order valence-electron chi connectivity index (χ4n) is 3.56.